The van der Waals surface area contributed by atoms with Gasteiger partial charge in [0.15, 0.2) is 12.2 Å². The second kappa shape index (κ2) is 7.69. The van der Waals surface area contributed by atoms with E-state index in [1.807, 2.05) is 0 Å². The molecule has 1 fully saturated rings. The largest absolute Gasteiger partial charge is 0.457 e. The first-order chi connectivity index (χ1) is 9.87. The Kier molecular flexibility index (Phi) is 6.53. The maximum Gasteiger partial charge on any atom is 0.303 e. The zero-order chi connectivity index (χ0) is 16.2. The number of carbonyl (C=O) groups is 2. The summed E-state index contributed by atoms with van der Waals surface area (Å²) in [6.45, 7) is 2.46. The lowest BCUT2D eigenvalue weighted by Gasteiger charge is -2.46. The highest BCUT2D eigenvalue weighted by Gasteiger charge is 2.54. The summed E-state index contributed by atoms with van der Waals surface area (Å²) in [6.07, 6.45) is -5.56. The minimum Gasteiger partial charge on any atom is -0.457 e. The van der Waals surface area contributed by atoms with Crippen molar-refractivity contribution in [3.8, 4) is 0 Å². The molecule has 1 N–H and O–H groups in total. The van der Waals surface area contributed by atoms with Crippen molar-refractivity contribution < 1.29 is 38.4 Å². The summed E-state index contributed by atoms with van der Waals surface area (Å²) in [7, 11) is 4.13. The van der Waals surface area contributed by atoms with Crippen LogP contribution < -0.4 is 0 Å². The topological polar surface area (TPSA) is 101 Å². The summed E-state index contributed by atoms with van der Waals surface area (Å²) in [5, 5.41) is 10.3. The first kappa shape index (κ1) is 17.8. The average molecular weight is 306 g/mol. The van der Waals surface area contributed by atoms with Gasteiger partial charge >= 0.3 is 11.9 Å². The second-order valence-electron chi connectivity index (χ2n) is 4.74. The Hall–Kier alpha value is -1.22. The third-order valence-corrected chi connectivity index (χ3v) is 3.39. The monoisotopic (exact) mass is 306 g/mol. The van der Waals surface area contributed by atoms with Crippen LogP contribution in [0.25, 0.3) is 0 Å². The van der Waals surface area contributed by atoms with Crippen LogP contribution in [0.4, 0.5) is 0 Å². The number of aliphatic hydroxyl groups excluding tert-OH is 1. The second-order valence-corrected chi connectivity index (χ2v) is 4.74. The molecular formula is C13H22O8. The lowest BCUT2D eigenvalue weighted by atomic mass is 9.84. The molecule has 0 saturated heterocycles. The Balaban J connectivity index is 3.15. The molecule has 6 atom stereocenters. The van der Waals surface area contributed by atoms with Crippen molar-refractivity contribution in [1.29, 1.82) is 0 Å². The summed E-state index contributed by atoms with van der Waals surface area (Å²) in [5.41, 5.74) is 0. The zero-order valence-corrected chi connectivity index (χ0v) is 12.8. The molecule has 0 spiro atoms. The molecule has 0 heterocycles. The fraction of sp³-hybridized carbons (Fsp3) is 0.846. The first-order valence-electron chi connectivity index (χ1n) is 6.48. The SMILES string of the molecule is COC1[C@@H](OC(C)=O)[C@H](OC)C(O)[C@H](OC)[C@H]1OC(C)=O. The van der Waals surface area contributed by atoms with Crippen molar-refractivity contribution in [2.24, 2.45) is 0 Å². The van der Waals surface area contributed by atoms with E-state index in [4.69, 9.17) is 23.7 Å². The molecule has 1 rings (SSSR count). The number of carbonyl (C=O) groups excluding carboxylic acids is 2. The quantitative estimate of drug-likeness (QED) is 0.664. The van der Waals surface area contributed by atoms with Gasteiger partial charge in [-0.15, -0.1) is 0 Å². The minimum atomic E-state index is -1.15. The molecule has 0 bridgehead atoms. The maximum atomic E-state index is 11.3. The predicted molar refractivity (Wildman–Crippen MR) is 69.5 cm³/mol. The molecule has 0 aromatic carbocycles. The van der Waals surface area contributed by atoms with E-state index < -0.39 is 48.6 Å². The van der Waals surface area contributed by atoms with Crippen LogP contribution in [0, 0.1) is 0 Å². The van der Waals surface area contributed by atoms with E-state index in [1.165, 1.54) is 35.2 Å². The van der Waals surface area contributed by atoms with Gasteiger partial charge in [0.1, 0.15) is 24.4 Å². The highest BCUT2D eigenvalue weighted by atomic mass is 16.6. The lowest BCUT2D eigenvalue weighted by molar-refractivity contribution is -0.253. The normalized spacial score (nSPS) is 36.1. The molecule has 0 amide bonds. The van der Waals surface area contributed by atoms with Gasteiger partial charge in [-0.05, 0) is 0 Å². The van der Waals surface area contributed by atoms with Gasteiger partial charge in [0, 0.05) is 35.2 Å². The highest BCUT2D eigenvalue weighted by Crippen LogP contribution is 2.31. The summed E-state index contributed by atoms with van der Waals surface area (Å²) < 4.78 is 26.1. The van der Waals surface area contributed by atoms with Crippen molar-refractivity contribution in [3.63, 3.8) is 0 Å². The molecule has 0 radical (unpaired) electrons. The van der Waals surface area contributed by atoms with Gasteiger partial charge in [0.25, 0.3) is 0 Å². The molecule has 8 nitrogen and oxygen atoms in total. The van der Waals surface area contributed by atoms with Crippen LogP contribution in [0.5, 0.6) is 0 Å². The number of hydrogen-bond donors (Lipinski definition) is 1. The molecule has 21 heavy (non-hydrogen) atoms. The summed E-state index contributed by atoms with van der Waals surface area (Å²) in [5.74, 6) is -1.12. The average Bonchev–Trinajstić information content (AvgIpc) is 2.38. The van der Waals surface area contributed by atoms with E-state index in [0.717, 1.165) is 0 Å². The Labute approximate surface area is 123 Å². The van der Waals surface area contributed by atoms with Crippen LogP contribution in [0.2, 0.25) is 0 Å². The highest BCUT2D eigenvalue weighted by molar-refractivity contribution is 5.67. The summed E-state index contributed by atoms with van der Waals surface area (Å²) in [6, 6.07) is 0. The van der Waals surface area contributed by atoms with Gasteiger partial charge < -0.3 is 28.8 Å². The van der Waals surface area contributed by atoms with Crippen LogP contribution in [-0.2, 0) is 33.3 Å². The van der Waals surface area contributed by atoms with E-state index in [1.54, 1.807) is 0 Å². The molecular weight excluding hydrogens is 284 g/mol. The van der Waals surface area contributed by atoms with Crippen molar-refractivity contribution in [1.82, 2.24) is 0 Å². The first-order valence-corrected chi connectivity index (χ1v) is 6.48. The van der Waals surface area contributed by atoms with Gasteiger partial charge in [-0.1, -0.05) is 0 Å². The predicted octanol–water partition coefficient (Wildman–Crippen LogP) is -0.731. The van der Waals surface area contributed by atoms with Crippen molar-refractivity contribution in [3.05, 3.63) is 0 Å². The molecule has 8 heteroatoms. The Morgan fingerprint density at radius 2 is 1.05 bits per heavy atom. The van der Waals surface area contributed by atoms with E-state index >= 15 is 0 Å². The molecule has 1 aliphatic rings. The van der Waals surface area contributed by atoms with E-state index in [0.29, 0.717) is 0 Å². The van der Waals surface area contributed by atoms with Gasteiger partial charge in [-0.3, -0.25) is 9.59 Å². The smallest absolute Gasteiger partial charge is 0.303 e. The van der Waals surface area contributed by atoms with Crippen LogP contribution in [0.3, 0.4) is 0 Å². The number of ether oxygens (including phenoxy) is 5. The Morgan fingerprint density at radius 3 is 1.29 bits per heavy atom. The van der Waals surface area contributed by atoms with Crippen LogP contribution in [0.1, 0.15) is 13.8 Å². The molecule has 122 valence electrons. The van der Waals surface area contributed by atoms with E-state index in [9.17, 15) is 14.7 Å². The molecule has 0 aromatic rings. The molecule has 1 aliphatic carbocycles. The van der Waals surface area contributed by atoms with Gasteiger partial charge in [0.2, 0.25) is 0 Å². The number of esters is 2. The number of aliphatic hydroxyl groups is 1. The molecule has 2 unspecified atom stereocenters. The van der Waals surface area contributed by atoms with Crippen molar-refractivity contribution >= 4 is 11.9 Å². The third-order valence-electron chi connectivity index (χ3n) is 3.39. The third kappa shape index (κ3) is 3.91. The standard InChI is InChI=1S/C13H22O8/c1-6(14)20-12-9(17-3)8(16)10(18-4)13(11(12)19-5)21-7(2)15/h8-13,16H,1-5H3/t8?,9-,10+,11?,12+,13-. The van der Waals surface area contributed by atoms with E-state index in [2.05, 4.69) is 0 Å². The number of rotatable bonds is 5. The number of hydrogen-bond acceptors (Lipinski definition) is 8. The van der Waals surface area contributed by atoms with Crippen LogP contribution >= 0.6 is 0 Å². The Morgan fingerprint density at radius 1 is 0.714 bits per heavy atom. The molecule has 0 aromatic heterocycles. The van der Waals surface area contributed by atoms with Gasteiger partial charge in [-0.25, -0.2) is 0 Å². The van der Waals surface area contributed by atoms with E-state index in [-0.39, 0.29) is 0 Å². The minimum absolute atomic E-state index is 0.561. The zero-order valence-electron chi connectivity index (χ0n) is 12.8. The van der Waals surface area contributed by atoms with Crippen molar-refractivity contribution in [2.45, 2.75) is 50.5 Å². The molecule has 0 aliphatic heterocycles. The van der Waals surface area contributed by atoms with Crippen molar-refractivity contribution in [2.75, 3.05) is 21.3 Å². The number of methoxy groups -OCH3 is 3. The summed E-state index contributed by atoms with van der Waals surface area (Å²) >= 11 is 0. The van der Waals surface area contributed by atoms with Gasteiger partial charge in [-0.2, -0.15) is 0 Å². The lowest BCUT2D eigenvalue weighted by Crippen LogP contribution is -2.66. The fourth-order valence-corrected chi connectivity index (χ4v) is 2.60. The Bertz CT molecular complexity index is 339. The summed E-state index contributed by atoms with van der Waals surface area (Å²) in [4.78, 5) is 22.5. The maximum absolute atomic E-state index is 11.3. The van der Waals surface area contributed by atoms with Crippen LogP contribution in [0.15, 0.2) is 0 Å². The van der Waals surface area contributed by atoms with Crippen LogP contribution in [-0.4, -0.2) is 75.0 Å². The fourth-order valence-electron chi connectivity index (χ4n) is 2.60. The molecule has 1 saturated carbocycles. The van der Waals surface area contributed by atoms with Gasteiger partial charge in [0.05, 0.1) is 0 Å².